The van der Waals surface area contributed by atoms with E-state index in [2.05, 4.69) is 0 Å². The maximum absolute atomic E-state index is 11.5. The Morgan fingerprint density at radius 1 is 1.29 bits per heavy atom. The molecule has 0 aromatic heterocycles. The van der Waals surface area contributed by atoms with Gasteiger partial charge in [0.1, 0.15) is 5.75 Å². The fourth-order valence-electron chi connectivity index (χ4n) is 2.38. The average molecular weight is 304 g/mol. The lowest BCUT2D eigenvalue weighted by molar-refractivity contribution is 0.101. The fraction of sp³-hybridized carbons (Fsp3) is 0.235. The van der Waals surface area contributed by atoms with Gasteiger partial charge in [0, 0.05) is 29.9 Å². The molecule has 0 bridgehead atoms. The first-order valence-electron chi connectivity index (χ1n) is 6.69. The van der Waals surface area contributed by atoms with Crippen LogP contribution < -0.4 is 4.90 Å². The number of aromatic hydroxyl groups is 1. The lowest BCUT2D eigenvalue weighted by atomic mass is 10.0. The molecule has 3 nitrogen and oxygen atoms in total. The van der Waals surface area contributed by atoms with E-state index in [4.69, 9.17) is 11.6 Å². The van der Waals surface area contributed by atoms with E-state index in [1.54, 1.807) is 6.07 Å². The van der Waals surface area contributed by atoms with Gasteiger partial charge in [0.05, 0.1) is 5.56 Å². The summed E-state index contributed by atoms with van der Waals surface area (Å²) < 4.78 is 0. The van der Waals surface area contributed by atoms with Gasteiger partial charge in [0.2, 0.25) is 0 Å². The maximum Gasteiger partial charge on any atom is 0.163 e. The van der Waals surface area contributed by atoms with E-state index >= 15 is 0 Å². The van der Waals surface area contributed by atoms with Gasteiger partial charge in [-0.2, -0.15) is 0 Å². The lowest BCUT2D eigenvalue weighted by Gasteiger charge is -2.22. The fourth-order valence-corrected chi connectivity index (χ4v) is 2.62. The van der Waals surface area contributed by atoms with Crippen LogP contribution in [0.3, 0.4) is 0 Å². The van der Waals surface area contributed by atoms with Crippen LogP contribution >= 0.6 is 11.6 Å². The zero-order valence-electron chi connectivity index (χ0n) is 12.4. The topological polar surface area (TPSA) is 40.5 Å². The highest BCUT2D eigenvalue weighted by Crippen LogP contribution is 2.30. The molecule has 0 heterocycles. The van der Waals surface area contributed by atoms with Crippen molar-refractivity contribution >= 4 is 23.1 Å². The number of para-hydroxylation sites is 1. The number of carbonyl (C=O) groups is 1. The SMILES string of the molecule is CC(=O)c1cc(Cl)cc(CN(C)c2ccccc2C)c1O. The molecule has 0 atom stereocenters. The third-order valence-corrected chi connectivity index (χ3v) is 3.69. The van der Waals surface area contributed by atoms with Crippen LogP contribution in [0.4, 0.5) is 5.69 Å². The number of phenols is 1. The number of phenolic OH excluding ortho intramolecular Hbond substituents is 1. The number of rotatable bonds is 4. The molecule has 1 N–H and O–H groups in total. The van der Waals surface area contributed by atoms with E-state index in [0.717, 1.165) is 11.3 Å². The van der Waals surface area contributed by atoms with E-state index < -0.39 is 0 Å². The van der Waals surface area contributed by atoms with Crippen LogP contribution in [0.2, 0.25) is 5.02 Å². The molecule has 0 aliphatic heterocycles. The summed E-state index contributed by atoms with van der Waals surface area (Å²) in [5.74, 6) is -0.192. The number of benzene rings is 2. The summed E-state index contributed by atoms with van der Waals surface area (Å²) in [5, 5.41) is 10.7. The van der Waals surface area contributed by atoms with Crippen LogP contribution in [-0.2, 0) is 6.54 Å². The van der Waals surface area contributed by atoms with Crippen LogP contribution in [0.25, 0.3) is 0 Å². The normalized spacial score (nSPS) is 10.5. The molecule has 2 aromatic rings. The summed E-state index contributed by atoms with van der Waals surface area (Å²) in [7, 11) is 1.94. The van der Waals surface area contributed by atoms with Crippen molar-refractivity contribution in [3.63, 3.8) is 0 Å². The quantitative estimate of drug-likeness (QED) is 0.861. The Bertz CT molecular complexity index is 682. The highest BCUT2D eigenvalue weighted by molar-refractivity contribution is 6.31. The molecule has 0 fully saturated rings. The summed E-state index contributed by atoms with van der Waals surface area (Å²) in [5.41, 5.74) is 3.11. The summed E-state index contributed by atoms with van der Waals surface area (Å²) >= 11 is 6.04. The Morgan fingerprint density at radius 2 is 1.95 bits per heavy atom. The summed E-state index contributed by atoms with van der Waals surface area (Å²) in [4.78, 5) is 13.6. The maximum atomic E-state index is 11.5. The molecule has 21 heavy (non-hydrogen) atoms. The minimum atomic E-state index is -0.199. The molecule has 0 unspecified atom stereocenters. The number of carbonyl (C=O) groups excluding carboxylic acids is 1. The smallest absolute Gasteiger partial charge is 0.163 e. The Hall–Kier alpha value is -2.00. The van der Waals surface area contributed by atoms with Gasteiger partial charge < -0.3 is 10.0 Å². The van der Waals surface area contributed by atoms with E-state index in [9.17, 15) is 9.90 Å². The van der Waals surface area contributed by atoms with E-state index in [-0.39, 0.29) is 17.1 Å². The Kier molecular flexibility index (Phi) is 4.53. The Balaban J connectivity index is 2.36. The summed E-state index contributed by atoms with van der Waals surface area (Å²) in [6.07, 6.45) is 0. The van der Waals surface area contributed by atoms with Gasteiger partial charge in [-0.05, 0) is 37.6 Å². The van der Waals surface area contributed by atoms with Gasteiger partial charge in [0.15, 0.2) is 5.78 Å². The Morgan fingerprint density at radius 3 is 2.57 bits per heavy atom. The molecule has 0 spiro atoms. The molecule has 110 valence electrons. The molecule has 0 radical (unpaired) electrons. The molecule has 0 aliphatic rings. The van der Waals surface area contributed by atoms with Crippen molar-refractivity contribution in [1.82, 2.24) is 0 Å². The molecule has 2 aromatic carbocycles. The molecule has 0 saturated carbocycles. The van der Waals surface area contributed by atoms with E-state index in [1.165, 1.54) is 13.0 Å². The van der Waals surface area contributed by atoms with Crippen molar-refractivity contribution in [3.8, 4) is 5.75 Å². The molecule has 4 heteroatoms. The number of halogens is 1. The van der Waals surface area contributed by atoms with Crippen LogP contribution in [0.15, 0.2) is 36.4 Å². The number of hydrogen-bond acceptors (Lipinski definition) is 3. The third-order valence-electron chi connectivity index (χ3n) is 3.47. The minimum absolute atomic E-state index is 0.00679. The van der Waals surface area contributed by atoms with Crippen LogP contribution in [0.1, 0.15) is 28.4 Å². The second-order valence-electron chi connectivity index (χ2n) is 5.16. The largest absolute Gasteiger partial charge is 0.507 e. The van der Waals surface area contributed by atoms with Crippen molar-refractivity contribution in [3.05, 3.63) is 58.1 Å². The molecular formula is C17H18ClNO2. The third kappa shape index (κ3) is 3.37. The van der Waals surface area contributed by atoms with Gasteiger partial charge in [-0.15, -0.1) is 0 Å². The van der Waals surface area contributed by atoms with Crippen LogP contribution in [0.5, 0.6) is 5.75 Å². The lowest BCUT2D eigenvalue weighted by Crippen LogP contribution is -2.17. The van der Waals surface area contributed by atoms with Gasteiger partial charge in [-0.1, -0.05) is 29.8 Å². The minimum Gasteiger partial charge on any atom is -0.507 e. The molecule has 0 aliphatic carbocycles. The van der Waals surface area contributed by atoms with Crippen LogP contribution in [0, 0.1) is 6.92 Å². The molecule has 0 amide bonds. The van der Waals surface area contributed by atoms with Crippen molar-refractivity contribution < 1.29 is 9.90 Å². The van der Waals surface area contributed by atoms with Gasteiger partial charge in [-0.25, -0.2) is 0 Å². The van der Waals surface area contributed by atoms with Gasteiger partial charge in [0.25, 0.3) is 0 Å². The summed E-state index contributed by atoms with van der Waals surface area (Å²) in [6, 6.07) is 11.2. The molecular weight excluding hydrogens is 286 g/mol. The van der Waals surface area contributed by atoms with Crippen LogP contribution in [-0.4, -0.2) is 17.9 Å². The standard InChI is InChI=1S/C17H18ClNO2/c1-11-6-4-5-7-16(11)19(3)10-13-8-14(18)9-15(12(2)20)17(13)21/h4-9,21H,10H2,1-3H3. The van der Waals surface area contributed by atoms with Crippen molar-refractivity contribution in [2.75, 3.05) is 11.9 Å². The van der Waals surface area contributed by atoms with E-state index in [0.29, 0.717) is 17.1 Å². The number of ketones is 1. The average Bonchev–Trinajstić information content (AvgIpc) is 2.42. The summed E-state index contributed by atoms with van der Waals surface area (Å²) in [6.45, 7) is 3.92. The van der Waals surface area contributed by atoms with Crippen molar-refractivity contribution in [2.45, 2.75) is 20.4 Å². The monoisotopic (exact) mass is 303 g/mol. The highest BCUT2D eigenvalue weighted by atomic mass is 35.5. The number of hydrogen-bond donors (Lipinski definition) is 1. The zero-order chi connectivity index (χ0) is 15.6. The van der Waals surface area contributed by atoms with Gasteiger partial charge >= 0.3 is 0 Å². The first kappa shape index (κ1) is 15.4. The van der Waals surface area contributed by atoms with Crippen molar-refractivity contribution in [1.29, 1.82) is 0 Å². The molecule has 2 rings (SSSR count). The zero-order valence-corrected chi connectivity index (χ0v) is 13.1. The first-order valence-corrected chi connectivity index (χ1v) is 7.07. The number of Topliss-reactive ketones (excluding diaryl/α,β-unsaturated/α-hetero) is 1. The van der Waals surface area contributed by atoms with Gasteiger partial charge in [-0.3, -0.25) is 4.79 Å². The van der Waals surface area contributed by atoms with Crippen molar-refractivity contribution in [2.24, 2.45) is 0 Å². The second-order valence-corrected chi connectivity index (χ2v) is 5.60. The highest BCUT2D eigenvalue weighted by Gasteiger charge is 2.15. The van der Waals surface area contributed by atoms with E-state index in [1.807, 2.05) is 43.1 Å². The number of aryl methyl sites for hydroxylation is 1. The number of nitrogens with zero attached hydrogens (tertiary/aromatic N) is 1. The second kappa shape index (κ2) is 6.19. The predicted molar refractivity (Wildman–Crippen MR) is 86.4 cm³/mol. The molecule has 0 saturated heterocycles. The number of anilines is 1. The first-order chi connectivity index (χ1) is 9.90. The Labute approximate surface area is 129 Å². The predicted octanol–water partition coefficient (Wildman–Crippen LogP) is 4.19.